The Labute approximate surface area is 84.3 Å². The van der Waals surface area contributed by atoms with Crippen LogP contribution in [0.1, 0.15) is 25.3 Å². The van der Waals surface area contributed by atoms with Gasteiger partial charge in [-0.3, -0.25) is 0 Å². The Morgan fingerprint density at radius 2 is 1.86 bits per heavy atom. The van der Waals surface area contributed by atoms with Crippen LogP contribution in [0, 0.1) is 5.82 Å². The number of hydrogen-bond donors (Lipinski definition) is 0. The van der Waals surface area contributed by atoms with Crippen LogP contribution in [0.4, 0.5) is 4.39 Å². The van der Waals surface area contributed by atoms with E-state index in [4.69, 9.17) is 0 Å². The Morgan fingerprint density at radius 1 is 1.21 bits per heavy atom. The van der Waals surface area contributed by atoms with E-state index in [1.54, 1.807) is 12.1 Å². The van der Waals surface area contributed by atoms with Gasteiger partial charge in [0, 0.05) is 13.1 Å². The monoisotopic (exact) mass is 192 g/mol. The second kappa shape index (κ2) is 3.70. The first-order chi connectivity index (χ1) is 6.72. The van der Waals surface area contributed by atoms with Crippen LogP contribution in [-0.4, -0.2) is 13.1 Å². The SMILES string of the molecule is CC1(c2ccccc2F)CC[N]CC1. The van der Waals surface area contributed by atoms with Gasteiger partial charge in [-0.1, -0.05) is 25.1 Å². The van der Waals surface area contributed by atoms with E-state index >= 15 is 0 Å². The lowest BCUT2D eigenvalue weighted by Gasteiger charge is -2.34. The van der Waals surface area contributed by atoms with Gasteiger partial charge in [0.15, 0.2) is 0 Å². The van der Waals surface area contributed by atoms with E-state index in [1.165, 1.54) is 0 Å². The summed E-state index contributed by atoms with van der Waals surface area (Å²) in [5, 5.41) is 4.31. The molecule has 0 spiro atoms. The van der Waals surface area contributed by atoms with Gasteiger partial charge in [-0.05, 0) is 29.9 Å². The van der Waals surface area contributed by atoms with Crippen LogP contribution in [-0.2, 0) is 5.41 Å². The molecule has 0 aromatic heterocycles. The van der Waals surface area contributed by atoms with Crippen molar-refractivity contribution in [2.45, 2.75) is 25.2 Å². The van der Waals surface area contributed by atoms with Gasteiger partial charge in [0.1, 0.15) is 5.82 Å². The van der Waals surface area contributed by atoms with Crippen molar-refractivity contribution in [1.29, 1.82) is 0 Å². The molecule has 2 rings (SSSR count). The van der Waals surface area contributed by atoms with Gasteiger partial charge >= 0.3 is 0 Å². The second-order valence-electron chi connectivity index (χ2n) is 4.21. The molecule has 0 atom stereocenters. The van der Waals surface area contributed by atoms with Gasteiger partial charge in [0.2, 0.25) is 0 Å². The molecule has 0 bridgehead atoms. The van der Waals surface area contributed by atoms with Crippen LogP contribution < -0.4 is 5.32 Å². The minimum Gasteiger partial charge on any atom is -0.242 e. The summed E-state index contributed by atoms with van der Waals surface area (Å²) in [6.07, 6.45) is 1.93. The van der Waals surface area contributed by atoms with Crippen molar-refractivity contribution in [3.63, 3.8) is 0 Å². The predicted octanol–water partition coefficient (Wildman–Crippen LogP) is 2.48. The molecule has 75 valence electrons. The summed E-state index contributed by atoms with van der Waals surface area (Å²) in [5.74, 6) is -0.0723. The van der Waals surface area contributed by atoms with E-state index in [9.17, 15) is 4.39 Å². The quantitative estimate of drug-likeness (QED) is 0.649. The standard InChI is InChI=1S/C12H15FN/c1-12(6-8-14-9-7-12)10-4-2-3-5-11(10)13/h2-5H,6-9H2,1H3. The number of hydrogen-bond acceptors (Lipinski definition) is 0. The molecule has 0 N–H and O–H groups in total. The molecule has 1 fully saturated rings. The zero-order chi connectivity index (χ0) is 10.0. The maximum atomic E-state index is 13.6. The Hall–Kier alpha value is -0.890. The first-order valence-corrected chi connectivity index (χ1v) is 5.11. The van der Waals surface area contributed by atoms with Crippen LogP contribution in [0.2, 0.25) is 0 Å². The molecule has 14 heavy (non-hydrogen) atoms. The number of piperidine rings is 1. The Morgan fingerprint density at radius 3 is 2.50 bits per heavy atom. The number of nitrogens with zero attached hydrogens (tertiary/aromatic N) is 1. The Bertz CT molecular complexity index is 316. The average Bonchev–Trinajstić information content (AvgIpc) is 2.19. The third kappa shape index (κ3) is 1.67. The summed E-state index contributed by atoms with van der Waals surface area (Å²) in [5.41, 5.74) is 0.850. The minimum absolute atomic E-state index is 0.00685. The molecule has 0 saturated carbocycles. The Balaban J connectivity index is 2.32. The highest BCUT2D eigenvalue weighted by atomic mass is 19.1. The van der Waals surface area contributed by atoms with Gasteiger partial charge in [-0.25, -0.2) is 9.71 Å². The third-order valence-corrected chi connectivity index (χ3v) is 3.17. The molecule has 0 aliphatic carbocycles. The maximum absolute atomic E-state index is 13.6. The molecule has 1 heterocycles. The molecule has 1 aromatic carbocycles. The average molecular weight is 192 g/mol. The second-order valence-corrected chi connectivity index (χ2v) is 4.21. The van der Waals surface area contributed by atoms with Gasteiger partial charge in [-0.15, -0.1) is 0 Å². The first kappa shape index (κ1) is 9.66. The van der Waals surface area contributed by atoms with E-state index in [2.05, 4.69) is 12.2 Å². The van der Waals surface area contributed by atoms with Crippen molar-refractivity contribution in [2.75, 3.05) is 13.1 Å². The molecular formula is C12H15FN. The maximum Gasteiger partial charge on any atom is 0.126 e. The van der Waals surface area contributed by atoms with E-state index in [0.29, 0.717) is 0 Å². The van der Waals surface area contributed by atoms with Crippen molar-refractivity contribution >= 4 is 0 Å². The smallest absolute Gasteiger partial charge is 0.126 e. The normalized spacial score (nSPS) is 20.7. The van der Waals surface area contributed by atoms with E-state index < -0.39 is 0 Å². The molecular weight excluding hydrogens is 177 g/mol. The molecule has 1 aromatic rings. The summed E-state index contributed by atoms with van der Waals surface area (Å²) in [7, 11) is 0. The fourth-order valence-corrected chi connectivity index (χ4v) is 2.11. The summed E-state index contributed by atoms with van der Waals surface area (Å²) >= 11 is 0. The molecule has 1 aliphatic rings. The third-order valence-electron chi connectivity index (χ3n) is 3.17. The lowest BCUT2D eigenvalue weighted by molar-refractivity contribution is 0.321. The zero-order valence-corrected chi connectivity index (χ0v) is 8.46. The molecule has 0 amide bonds. The lowest BCUT2D eigenvalue weighted by Crippen LogP contribution is -2.35. The summed E-state index contributed by atoms with van der Waals surface area (Å²) in [6, 6.07) is 7.11. The fourth-order valence-electron chi connectivity index (χ4n) is 2.11. The van der Waals surface area contributed by atoms with Crippen LogP contribution in [0.15, 0.2) is 24.3 Å². The summed E-state index contributed by atoms with van der Waals surface area (Å²) < 4.78 is 13.6. The van der Waals surface area contributed by atoms with Crippen molar-refractivity contribution in [3.8, 4) is 0 Å². The van der Waals surface area contributed by atoms with Crippen LogP contribution in [0.25, 0.3) is 0 Å². The van der Waals surface area contributed by atoms with E-state index in [-0.39, 0.29) is 11.2 Å². The molecule has 1 radical (unpaired) electrons. The van der Waals surface area contributed by atoms with E-state index in [1.807, 2.05) is 12.1 Å². The number of rotatable bonds is 1. The molecule has 2 heteroatoms. The van der Waals surface area contributed by atoms with Crippen LogP contribution in [0.3, 0.4) is 0 Å². The largest absolute Gasteiger partial charge is 0.242 e. The lowest BCUT2D eigenvalue weighted by atomic mass is 9.75. The molecule has 1 aliphatic heterocycles. The first-order valence-electron chi connectivity index (χ1n) is 5.11. The number of halogens is 1. The Kier molecular flexibility index (Phi) is 2.55. The van der Waals surface area contributed by atoms with Gasteiger partial charge < -0.3 is 0 Å². The summed E-state index contributed by atoms with van der Waals surface area (Å²) in [4.78, 5) is 0. The van der Waals surface area contributed by atoms with E-state index in [0.717, 1.165) is 31.5 Å². The van der Waals surface area contributed by atoms with Crippen molar-refractivity contribution in [2.24, 2.45) is 0 Å². The topological polar surface area (TPSA) is 14.1 Å². The highest BCUT2D eigenvalue weighted by Crippen LogP contribution is 2.34. The highest BCUT2D eigenvalue weighted by Gasteiger charge is 2.31. The predicted molar refractivity (Wildman–Crippen MR) is 54.9 cm³/mol. The molecule has 1 saturated heterocycles. The van der Waals surface area contributed by atoms with Crippen molar-refractivity contribution in [3.05, 3.63) is 35.6 Å². The van der Waals surface area contributed by atoms with Gasteiger partial charge in [0.25, 0.3) is 0 Å². The van der Waals surface area contributed by atoms with Crippen LogP contribution >= 0.6 is 0 Å². The zero-order valence-electron chi connectivity index (χ0n) is 8.46. The fraction of sp³-hybridized carbons (Fsp3) is 0.500. The minimum atomic E-state index is -0.0723. The van der Waals surface area contributed by atoms with Crippen LogP contribution in [0.5, 0.6) is 0 Å². The molecule has 0 unspecified atom stereocenters. The summed E-state index contributed by atoms with van der Waals surface area (Å²) in [6.45, 7) is 3.87. The van der Waals surface area contributed by atoms with Crippen molar-refractivity contribution < 1.29 is 4.39 Å². The highest BCUT2D eigenvalue weighted by molar-refractivity contribution is 5.26. The van der Waals surface area contributed by atoms with Gasteiger partial charge in [-0.2, -0.15) is 0 Å². The van der Waals surface area contributed by atoms with Crippen molar-refractivity contribution in [1.82, 2.24) is 5.32 Å². The van der Waals surface area contributed by atoms with Gasteiger partial charge in [0.05, 0.1) is 0 Å². The molecule has 1 nitrogen and oxygen atoms in total. The number of benzene rings is 1.